The van der Waals surface area contributed by atoms with Gasteiger partial charge in [0.15, 0.2) is 0 Å². The highest BCUT2D eigenvalue weighted by Gasteiger charge is 2.49. The number of hydrogen-bond donors (Lipinski definition) is 0. The number of aryl methyl sites for hydroxylation is 2. The zero-order valence-electron chi connectivity index (χ0n) is 18.0. The van der Waals surface area contributed by atoms with Crippen molar-refractivity contribution in [1.82, 2.24) is 19.7 Å². The van der Waals surface area contributed by atoms with Gasteiger partial charge in [-0.15, -0.1) is 0 Å². The lowest BCUT2D eigenvalue weighted by Crippen LogP contribution is -2.41. The summed E-state index contributed by atoms with van der Waals surface area (Å²) in [7, 11) is 3.71. The molecule has 0 spiro atoms. The summed E-state index contributed by atoms with van der Waals surface area (Å²) in [6.07, 6.45) is 0.983. The number of carbonyl (C=O) groups is 1. The summed E-state index contributed by atoms with van der Waals surface area (Å²) in [4.78, 5) is 24.0. The van der Waals surface area contributed by atoms with Crippen molar-refractivity contribution in [2.24, 2.45) is 11.8 Å². The molecule has 2 aliphatic heterocycles. The van der Waals surface area contributed by atoms with Gasteiger partial charge in [-0.1, -0.05) is 30.3 Å². The molecule has 2 amide bonds. The van der Waals surface area contributed by atoms with Crippen LogP contribution in [0.15, 0.2) is 42.5 Å². The minimum Gasteiger partial charge on any atom is -0.331 e. The Bertz CT molecular complexity index is 881. The van der Waals surface area contributed by atoms with Crippen LogP contribution >= 0.6 is 0 Å². The predicted octanol–water partition coefficient (Wildman–Crippen LogP) is 3.53. The first-order chi connectivity index (χ1) is 13.9. The molecule has 2 fully saturated rings. The topological polar surface area (TPSA) is 39.7 Å². The lowest BCUT2D eigenvalue weighted by molar-refractivity contribution is 0.152. The van der Waals surface area contributed by atoms with Crippen molar-refractivity contribution < 1.29 is 4.79 Å². The van der Waals surface area contributed by atoms with E-state index in [1.165, 1.54) is 16.8 Å². The van der Waals surface area contributed by atoms with E-state index in [2.05, 4.69) is 58.1 Å². The third-order valence-electron chi connectivity index (χ3n) is 6.51. The largest absolute Gasteiger partial charge is 0.331 e. The van der Waals surface area contributed by atoms with Crippen molar-refractivity contribution in [2.45, 2.75) is 26.3 Å². The summed E-state index contributed by atoms with van der Waals surface area (Å²) in [5.74, 6) is 1.03. The second kappa shape index (κ2) is 8.15. The molecule has 0 aliphatic carbocycles. The van der Waals surface area contributed by atoms with Gasteiger partial charge in [0.25, 0.3) is 0 Å². The normalized spacial score (nSPS) is 24.0. The van der Waals surface area contributed by atoms with Crippen LogP contribution in [0.4, 0.5) is 4.79 Å². The lowest BCUT2D eigenvalue weighted by Gasteiger charge is -2.32. The number of hydrogen-bond acceptors (Lipinski definition) is 3. The van der Waals surface area contributed by atoms with Crippen LogP contribution in [0.25, 0.3) is 0 Å². The smallest absolute Gasteiger partial charge is 0.320 e. The van der Waals surface area contributed by atoms with Gasteiger partial charge in [0.05, 0.1) is 6.04 Å². The van der Waals surface area contributed by atoms with E-state index in [0.717, 1.165) is 38.3 Å². The molecule has 4 rings (SSSR count). The number of fused-ring (bicyclic) bond motifs is 1. The molecule has 0 saturated carbocycles. The standard InChI is InChI=1S/C24H32N4O/c1-17-8-5-6-11-21(17)23-22-16-27(13-12-20-10-7-9-18(2)25-20)14-19(22)15-28(23)24(29)26(3)4/h5-11,19,22-23H,12-16H2,1-4H3/t19-,22-,23+/m1/s1. The summed E-state index contributed by atoms with van der Waals surface area (Å²) in [6.45, 7) is 8.21. The van der Waals surface area contributed by atoms with Crippen molar-refractivity contribution in [2.75, 3.05) is 40.3 Å². The Morgan fingerprint density at radius 3 is 2.59 bits per heavy atom. The first-order valence-corrected chi connectivity index (χ1v) is 10.6. The number of pyridine rings is 1. The predicted molar refractivity (Wildman–Crippen MR) is 116 cm³/mol. The van der Waals surface area contributed by atoms with Gasteiger partial charge in [-0.25, -0.2) is 4.79 Å². The minimum absolute atomic E-state index is 0.128. The van der Waals surface area contributed by atoms with Crippen LogP contribution in [0.1, 0.15) is 28.6 Å². The Kier molecular flexibility index (Phi) is 5.59. The second-order valence-electron chi connectivity index (χ2n) is 8.83. The Morgan fingerprint density at radius 1 is 1.07 bits per heavy atom. The van der Waals surface area contributed by atoms with Crippen LogP contribution < -0.4 is 0 Å². The molecular weight excluding hydrogens is 360 g/mol. The van der Waals surface area contributed by atoms with Crippen molar-refractivity contribution in [3.63, 3.8) is 0 Å². The molecule has 1 aromatic heterocycles. The van der Waals surface area contributed by atoms with Crippen molar-refractivity contribution in [3.05, 3.63) is 65.0 Å². The van der Waals surface area contributed by atoms with Crippen molar-refractivity contribution in [3.8, 4) is 0 Å². The molecule has 5 nitrogen and oxygen atoms in total. The molecule has 154 valence electrons. The summed E-state index contributed by atoms with van der Waals surface area (Å²) in [5.41, 5.74) is 4.83. The number of likely N-dealkylation sites (tertiary alicyclic amines) is 2. The van der Waals surface area contributed by atoms with Crippen molar-refractivity contribution in [1.29, 1.82) is 0 Å². The number of benzene rings is 1. The molecule has 2 saturated heterocycles. The minimum atomic E-state index is 0.128. The number of carbonyl (C=O) groups excluding carboxylic acids is 1. The van der Waals surface area contributed by atoms with Gasteiger partial charge in [0, 0.05) is 64.0 Å². The molecule has 2 aliphatic rings. The summed E-state index contributed by atoms with van der Waals surface area (Å²) in [6, 6.07) is 15.1. The van der Waals surface area contributed by atoms with Crippen LogP contribution in [0.5, 0.6) is 0 Å². The molecule has 2 aromatic rings. The van der Waals surface area contributed by atoms with Crippen molar-refractivity contribution >= 4 is 6.03 Å². The molecule has 0 N–H and O–H groups in total. The second-order valence-corrected chi connectivity index (χ2v) is 8.83. The van der Waals surface area contributed by atoms with E-state index >= 15 is 0 Å². The van der Waals surface area contributed by atoms with Crippen LogP contribution in [0.3, 0.4) is 0 Å². The number of urea groups is 1. The number of nitrogens with zero attached hydrogens (tertiary/aromatic N) is 4. The number of aromatic nitrogens is 1. The van der Waals surface area contributed by atoms with E-state index in [-0.39, 0.29) is 12.1 Å². The molecule has 3 atom stereocenters. The average molecular weight is 393 g/mol. The molecule has 0 bridgehead atoms. The SMILES string of the molecule is Cc1cccc(CCN2C[C@@H]3CN(C(=O)N(C)C)[C@@H](c4ccccc4C)[C@@H]3C2)n1. The van der Waals surface area contributed by atoms with E-state index in [1.807, 2.05) is 27.1 Å². The number of rotatable bonds is 4. The van der Waals surface area contributed by atoms with Crippen LogP contribution in [0.2, 0.25) is 0 Å². The van der Waals surface area contributed by atoms with Gasteiger partial charge < -0.3 is 14.7 Å². The Hall–Kier alpha value is -2.40. The lowest BCUT2D eigenvalue weighted by atomic mass is 9.88. The highest BCUT2D eigenvalue weighted by molar-refractivity contribution is 5.75. The van der Waals surface area contributed by atoms with Gasteiger partial charge >= 0.3 is 6.03 Å². The third-order valence-corrected chi connectivity index (χ3v) is 6.51. The fourth-order valence-corrected chi connectivity index (χ4v) is 5.10. The zero-order valence-corrected chi connectivity index (χ0v) is 18.0. The van der Waals surface area contributed by atoms with Crippen LogP contribution in [0, 0.1) is 25.7 Å². The first-order valence-electron chi connectivity index (χ1n) is 10.6. The summed E-state index contributed by atoms with van der Waals surface area (Å²) < 4.78 is 0. The Balaban J connectivity index is 1.51. The average Bonchev–Trinajstić information content (AvgIpc) is 3.24. The maximum absolute atomic E-state index is 12.9. The Labute approximate surface area is 174 Å². The fraction of sp³-hybridized carbons (Fsp3) is 0.500. The molecule has 1 aromatic carbocycles. The molecular formula is C24H32N4O. The van der Waals surface area contributed by atoms with Gasteiger partial charge in [-0.2, -0.15) is 0 Å². The molecule has 29 heavy (non-hydrogen) atoms. The fourth-order valence-electron chi connectivity index (χ4n) is 5.10. The van der Waals surface area contributed by atoms with Crippen LogP contribution in [-0.2, 0) is 6.42 Å². The van der Waals surface area contributed by atoms with Gasteiger partial charge in [0.1, 0.15) is 0 Å². The first kappa shape index (κ1) is 19.9. The molecule has 0 unspecified atom stereocenters. The van der Waals surface area contributed by atoms with E-state index in [0.29, 0.717) is 11.8 Å². The highest BCUT2D eigenvalue weighted by Crippen LogP contribution is 2.46. The third kappa shape index (κ3) is 4.01. The maximum atomic E-state index is 12.9. The van der Waals surface area contributed by atoms with E-state index in [4.69, 9.17) is 0 Å². The van der Waals surface area contributed by atoms with Gasteiger partial charge in [0.2, 0.25) is 0 Å². The molecule has 5 heteroatoms. The van der Waals surface area contributed by atoms with Gasteiger partial charge in [-0.3, -0.25) is 4.98 Å². The zero-order chi connectivity index (χ0) is 20.5. The quantitative estimate of drug-likeness (QED) is 0.799. The Morgan fingerprint density at radius 2 is 1.86 bits per heavy atom. The van der Waals surface area contributed by atoms with Gasteiger partial charge in [-0.05, 0) is 43.0 Å². The van der Waals surface area contributed by atoms with E-state index < -0.39 is 0 Å². The number of amides is 2. The monoisotopic (exact) mass is 392 g/mol. The van der Waals surface area contributed by atoms with E-state index in [9.17, 15) is 4.79 Å². The highest BCUT2D eigenvalue weighted by atomic mass is 16.2. The molecule has 3 heterocycles. The maximum Gasteiger partial charge on any atom is 0.320 e. The summed E-state index contributed by atoms with van der Waals surface area (Å²) in [5, 5.41) is 0. The summed E-state index contributed by atoms with van der Waals surface area (Å²) >= 11 is 0. The van der Waals surface area contributed by atoms with Crippen LogP contribution in [-0.4, -0.2) is 66.0 Å². The van der Waals surface area contributed by atoms with E-state index in [1.54, 1.807) is 4.90 Å². The molecule has 0 radical (unpaired) electrons.